The lowest BCUT2D eigenvalue weighted by atomic mass is 9.87. The zero-order chi connectivity index (χ0) is 25.0. The van der Waals surface area contributed by atoms with Gasteiger partial charge in [0.1, 0.15) is 23.2 Å². The van der Waals surface area contributed by atoms with Gasteiger partial charge in [-0.2, -0.15) is 5.10 Å². The summed E-state index contributed by atoms with van der Waals surface area (Å²) in [5.41, 5.74) is 3.52. The molecular formula is C28H27ClFN3O2. The summed E-state index contributed by atoms with van der Waals surface area (Å²) < 4.78 is 20.6. The highest BCUT2D eigenvalue weighted by atomic mass is 35.5. The molecule has 180 valence electrons. The van der Waals surface area contributed by atoms with Crippen molar-refractivity contribution in [3.05, 3.63) is 112 Å². The molecule has 0 aliphatic rings. The molecule has 5 nitrogen and oxygen atoms in total. The van der Waals surface area contributed by atoms with Gasteiger partial charge in [-0.15, -0.1) is 0 Å². The molecule has 4 aromatic rings. The molecule has 0 fully saturated rings. The van der Waals surface area contributed by atoms with Gasteiger partial charge in [0.2, 0.25) is 0 Å². The van der Waals surface area contributed by atoms with Gasteiger partial charge in [-0.05, 0) is 58.5 Å². The third kappa shape index (κ3) is 6.49. The Balaban J connectivity index is 1.38. The predicted molar refractivity (Wildman–Crippen MR) is 137 cm³/mol. The molecule has 0 saturated carbocycles. The number of anilines is 1. The van der Waals surface area contributed by atoms with Crippen molar-refractivity contribution in [3.8, 4) is 5.75 Å². The van der Waals surface area contributed by atoms with E-state index >= 15 is 0 Å². The smallest absolute Gasteiger partial charge is 0.256 e. The maximum absolute atomic E-state index is 13.1. The van der Waals surface area contributed by atoms with Gasteiger partial charge in [0.15, 0.2) is 5.82 Å². The summed E-state index contributed by atoms with van der Waals surface area (Å²) in [6.07, 6.45) is 1.62. The van der Waals surface area contributed by atoms with Gasteiger partial charge in [0, 0.05) is 11.8 Å². The number of ether oxygens (including phenoxy) is 1. The third-order valence-electron chi connectivity index (χ3n) is 5.52. The van der Waals surface area contributed by atoms with E-state index in [0.717, 1.165) is 16.9 Å². The molecule has 0 unspecified atom stereocenters. The van der Waals surface area contributed by atoms with Crippen molar-refractivity contribution in [3.63, 3.8) is 0 Å². The van der Waals surface area contributed by atoms with Crippen molar-refractivity contribution < 1.29 is 13.9 Å². The summed E-state index contributed by atoms with van der Waals surface area (Å²) in [6.45, 7) is 7.25. The Bertz CT molecular complexity index is 1310. The highest BCUT2D eigenvalue weighted by molar-refractivity contribution is 6.33. The molecule has 0 radical (unpaired) electrons. The predicted octanol–water partition coefficient (Wildman–Crippen LogP) is 6.85. The Labute approximate surface area is 209 Å². The number of rotatable bonds is 7. The van der Waals surface area contributed by atoms with E-state index in [1.54, 1.807) is 35.1 Å². The summed E-state index contributed by atoms with van der Waals surface area (Å²) in [5.74, 6) is 0.410. The van der Waals surface area contributed by atoms with E-state index in [0.29, 0.717) is 23.7 Å². The van der Waals surface area contributed by atoms with E-state index in [9.17, 15) is 9.18 Å². The number of aromatic nitrogens is 2. The second-order valence-corrected chi connectivity index (χ2v) is 9.77. The number of carbonyl (C=O) groups excluding carboxylic acids is 1. The molecule has 7 heteroatoms. The summed E-state index contributed by atoms with van der Waals surface area (Å²) in [5, 5.41) is 7.43. The summed E-state index contributed by atoms with van der Waals surface area (Å²) in [6, 6.07) is 21.4. The van der Waals surface area contributed by atoms with Crippen molar-refractivity contribution in [2.24, 2.45) is 0 Å². The van der Waals surface area contributed by atoms with Crippen molar-refractivity contribution in [2.45, 2.75) is 39.3 Å². The van der Waals surface area contributed by atoms with Crippen molar-refractivity contribution in [1.29, 1.82) is 0 Å². The quantitative estimate of drug-likeness (QED) is 0.307. The van der Waals surface area contributed by atoms with Crippen LogP contribution in [-0.2, 0) is 18.6 Å². The lowest BCUT2D eigenvalue weighted by molar-refractivity contribution is 0.102. The normalized spacial score (nSPS) is 11.3. The third-order valence-corrected chi connectivity index (χ3v) is 5.80. The SMILES string of the molecule is CC(C)(C)c1ccc(OCc2cccc(C(=O)Nc3nn(Cc4ccc(F)cc4)cc3Cl)c2)cc1. The Morgan fingerprint density at radius 3 is 2.43 bits per heavy atom. The fraction of sp³-hybridized carbons (Fsp3) is 0.214. The highest BCUT2D eigenvalue weighted by Gasteiger charge is 2.14. The minimum absolute atomic E-state index is 0.0832. The Hall–Kier alpha value is -3.64. The van der Waals surface area contributed by atoms with Crippen LogP contribution in [0.1, 0.15) is 47.8 Å². The van der Waals surface area contributed by atoms with Crippen molar-refractivity contribution >= 4 is 23.3 Å². The minimum atomic E-state index is -0.324. The molecule has 0 bridgehead atoms. The average Bonchev–Trinajstić information content (AvgIpc) is 3.17. The van der Waals surface area contributed by atoms with Gasteiger partial charge in [-0.3, -0.25) is 9.48 Å². The monoisotopic (exact) mass is 491 g/mol. The molecule has 1 amide bonds. The van der Waals surface area contributed by atoms with Gasteiger partial charge in [0.05, 0.1) is 6.54 Å². The lowest BCUT2D eigenvalue weighted by Gasteiger charge is -2.19. The maximum atomic E-state index is 13.1. The first-order valence-corrected chi connectivity index (χ1v) is 11.7. The molecule has 0 spiro atoms. The Morgan fingerprint density at radius 2 is 1.74 bits per heavy atom. The molecule has 4 rings (SSSR count). The maximum Gasteiger partial charge on any atom is 0.256 e. The van der Waals surface area contributed by atoms with Crippen LogP contribution < -0.4 is 10.1 Å². The van der Waals surface area contributed by atoms with E-state index in [4.69, 9.17) is 16.3 Å². The van der Waals surface area contributed by atoms with E-state index in [-0.39, 0.29) is 23.0 Å². The molecule has 1 aromatic heterocycles. The van der Waals surface area contributed by atoms with Gasteiger partial charge < -0.3 is 10.1 Å². The van der Waals surface area contributed by atoms with E-state index < -0.39 is 0 Å². The second-order valence-electron chi connectivity index (χ2n) is 9.37. The van der Waals surface area contributed by atoms with Crippen LogP contribution >= 0.6 is 11.6 Å². The molecular weight excluding hydrogens is 465 g/mol. The molecule has 35 heavy (non-hydrogen) atoms. The molecule has 1 heterocycles. The topological polar surface area (TPSA) is 56.1 Å². The Kier molecular flexibility index (Phi) is 7.22. The van der Waals surface area contributed by atoms with Crippen LogP contribution in [0, 0.1) is 5.82 Å². The van der Waals surface area contributed by atoms with Crippen molar-refractivity contribution in [1.82, 2.24) is 9.78 Å². The van der Waals surface area contributed by atoms with E-state index in [1.807, 2.05) is 24.3 Å². The summed E-state index contributed by atoms with van der Waals surface area (Å²) in [4.78, 5) is 12.8. The van der Waals surface area contributed by atoms with Crippen LogP contribution in [0.5, 0.6) is 5.75 Å². The van der Waals surface area contributed by atoms with Crippen LogP contribution in [0.3, 0.4) is 0 Å². The zero-order valence-corrected chi connectivity index (χ0v) is 20.6. The average molecular weight is 492 g/mol. The standard InChI is InChI=1S/C28H27ClFN3O2/c1-28(2,3)22-9-13-24(14-10-22)35-18-20-5-4-6-21(15-20)27(34)31-26-25(29)17-33(32-26)16-19-7-11-23(30)12-8-19/h4-15,17H,16,18H2,1-3H3,(H,31,32,34). The van der Waals surface area contributed by atoms with Gasteiger partial charge >= 0.3 is 0 Å². The molecule has 0 atom stereocenters. The number of benzene rings is 3. The van der Waals surface area contributed by atoms with Crippen molar-refractivity contribution in [2.75, 3.05) is 5.32 Å². The molecule has 0 aliphatic heterocycles. The lowest BCUT2D eigenvalue weighted by Crippen LogP contribution is -2.13. The van der Waals surface area contributed by atoms with Crippen LogP contribution in [-0.4, -0.2) is 15.7 Å². The number of halogens is 2. The first kappa shape index (κ1) is 24.5. The van der Waals surface area contributed by atoms with Crippen LogP contribution in [0.4, 0.5) is 10.2 Å². The largest absolute Gasteiger partial charge is 0.489 e. The van der Waals surface area contributed by atoms with E-state index in [1.165, 1.54) is 17.7 Å². The number of amides is 1. The van der Waals surface area contributed by atoms with E-state index in [2.05, 4.69) is 43.3 Å². The van der Waals surface area contributed by atoms with Crippen LogP contribution in [0.15, 0.2) is 79.0 Å². The van der Waals surface area contributed by atoms with Crippen LogP contribution in [0.2, 0.25) is 5.02 Å². The fourth-order valence-corrected chi connectivity index (χ4v) is 3.74. The first-order valence-electron chi connectivity index (χ1n) is 11.3. The first-order chi connectivity index (χ1) is 16.7. The Morgan fingerprint density at radius 1 is 1.03 bits per heavy atom. The molecule has 0 saturated heterocycles. The number of nitrogens with one attached hydrogen (secondary N) is 1. The van der Waals surface area contributed by atoms with Crippen LogP contribution in [0.25, 0.3) is 0 Å². The molecule has 3 aromatic carbocycles. The second kappa shape index (κ2) is 10.3. The number of nitrogens with zero attached hydrogens (tertiary/aromatic N) is 2. The van der Waals surface area contributed by atoms with Gasteiger partial charge in [-0.1, -0.05) is 68.8 Å². The number of hydrogen-bond acceptors (Lipinski definition) is 3. The summed E-state index contributed by atoms with van der Waals surface area (Å²) in [7, 11) is 0. The fourth-order valence-electron chi connectivity index (χ4n) is 3.54. The molecule has 1 N–H and O–H groups in total. The number of hydrogen-bond donors (Lipinski definition) is 1. The highest BCUT2D eigenvalue weighted by Crippen LogP contribution is 2.25. The zero-order valence-electron chi connectivity index (χ0n) is 19.9. The number of carbonyl (C=O) groups is 1. The van der Waals surface area contributed by atoms with Gasteiger partial charge in [-0.25, -0.2) is 4.39 Å². The van der Waals surface area contributed by atoms with Gasteiger partial charge in [0.25, 0.3) is 5.91 Å². The minimum Gasteiger partial charge on any atom is -0.489 e. The molecule has 0 aliphatic carbocycles. The summed E-state index contributed by atoms with van der Waals surface area (Å²) >= 11 is 6.28.